The van der Waals surface area contributed by atoms with E-state index in [2.05, 4.69) is 20.9 Å². The lowest BCUT2D eigenvalue weighted by Gasteiger charge is -2.03. The predicted octanol–water partition coefficient (Wildman–Crippen LogP) is 2.60. The standard InChI is InChI=1S/C12H11BrN2O2S/c1-15-5-6-18-12(15)14-11(16)8-3-4-10(17-2)9(13)7-8/h3-7H,1-2H3. The van der Waals surface area contributed by atoms with Gasteiger partial charge < -0.3 is 9.30 Å². The molecule has 0 aliphatic rings. The number of carbonyl (C=O) groups excluding carboxylic acids is 1. The van der Waals surface area contributed by atoms with Crippen molar-refractivity contribution in [2.24, 2.45) is 12.0 Å². The quantitative estimate of drug-likeness (QED) is 0.851. The fourth-order valence-corrected chi connectivity index (χ4v) is 2.65. The van der Waals surface area contributed by atoms with Crippen molar-refractivity contribution in [1.29, 1.82) is 0 Å². The molecule has 0 fully saturated rings. The molecule has 94 valence electrons. The molecule has 0 aliphatic heterocycles. The number of nitrogens with zero attached hydrogens (tertiary/aromatic N) is 2. The first-order valence-corrected chi connectivity index (χ1v) is 6.82. The number of aromatic nitrogens is 1. The number of rotatable bonds is 2. The number of hydrogen-bond donors (Lipinski definition) is 0. The molecule has 0 saturated heterocycles. The molecule has 1 heterocycles. The summed E-state index contributed by atoms with van der Waals surface area (Å²) in [5.41, 5.74) is 0.524. The van der Waals surface area contributed by atoms with Crippen LogP contribution in [0.1, 0.15) is 10.4 Å². The number of carbonyl (C=O) groups is 1. The third-order valence-electron chi connectivity index (χ3n) is 2.36. The van der Waals surface area contributed by atoms with Crippen molar-refractivity contribution < 1.29 is 9.53 Å². The Balaban J connectivity index is 2.36. The van der Waals surface area contributed by atoms with Crippen LogP contribution >= 0.6 is 27.3 Å². The van der Waals surface area contributed by atoms with Gasteiger partial charge in [0.2, 0.25) is 0 Å². The molecule has 1 amide bonds. The van der Waals surface area contributed by atoms with Gasteiger partial charge in [0.05, 0.1) is 11.6 Å². The summed E-state index contributed by atoms with van der Waals surface area (Å²) in [6.45, 7) is 0. The van der Waals surface area contributed by atoms with Gasteiger partial charge >= 0.3 is 0 Å². The third-order valence-corrected chi connectivity index (χ3v) is 3.82. The second-order valence-corrected chi connectivity index (χ2v) is 5.29. The van der Waals surface area contributed by atoms with Gasteiger partial charge in [-0.2, -0.15) is 4.99 Å². The highest BCUT2D eigenvalue weighted by molar-refractivity contribution is 9.10. The first-order chi connectivity index (χ1) is 8.61. The zero-order chi connectivity index (χ0) is 13.1. The van der Waals surface area contributed by atoms with E-state index in [-0.39, 0.29) is 5.91 Å². The molecule has 0 saturated carbocycles. The van der Waals surface area contributed by atoms with Crippen LogP contribution in [0.25, 0.3) is 0 Å². The van der Waals surface area contributed by atoms with Gasteiger partial charge in [0.1, 0.15) is 5.75 Å². The molecular formula is C12H11BrN2O2S. The molecule has 0 atom stereocenters. The second kappa shape index (κ2) is 5.49. The van der Waals surface area contributed by atoms with Crippen molar-refractivity contribution in [3.05, 3.63) is 44.6 Å². The Bertz CT molecular complexity index is 646. The fraction of sp³-hybridized carbons (Fsp3) is 0.167. The van der Waals surface area contributed by atoms with Crippen molar-refractivity contribution >= 4 is 33.2 Å². The second-order valence-electron chi connectivity index (χ2n) is 3.56. The van der Waals surface area contributed by atoms with Gasteiger partial charge in [0, 0.05) is 24.2 Å². The minimum absolute atomic E-state index is 0.267. The molecule has 0 aliphatic carbocycles. The molecule has 0 spiro atoms. The molecule has 0 unspecified atom stereocenters. The van der Waals surface area contributed by atoms with Gasteiger partial charge in [-0.3, -0.25) is 4.79 Å². The van der Waals surface area contributed by atoms with Crippen LogP contribution in [0, 0.1) is 0 Å². The maximum Gasteiger partial charge on any atom is 0.279 e. The smallest absolute Gasteiger partial charge is 0.279 e. The summed E-state index contributed by atoms with van der Waals surface area (Å²) < 4.78 is 7.66. The van der Waals surface area contributed by atoms with E-state index in [9.17, 15) is 4.79 Å². The van der Waals surface area contributed by atoms with Crippen LogP contribution in [0.3, 0.4) is 0 Å². The molecule has 0 radical (unpaired) electrons. The fourth-order valence-electron chi connectivity index (χ4n) is 1.39. The zero-order valence-electron chi connectivity index (χ0n) is 9.88. The maximum atomic E-state index is 12.0. The summed E-state index contributed by atoms with van der Waals surface area (Å²) in [7, 11) is 3.43. The summed E-state index contributed by atoms with van der Waals surface area (Å²) in [5.74, 6) is 0.421. The highest BCUT2D eigenvalue weighted by Gasteiger charge is 2.08. The normalized spacial score (nSPS) is 11.6. The van der Waals surface area contributed by atoms with Crippen LogP contribution < -0.4 is 9.54 Å². The van der Waals surface area contributed by atoms with E-state index >= 15 is 0 Å². The summed E-state index contributed by atoms with van der Waals surface area (Å²) in [6, 6.07) is 5.14. The summed E-state index contributed by atoms with van der Waals surface area (Å²) in [5, 5.41) is 1.88. The third kappa shape index (κ3) is 2.70. The number of benzene rings is 1. The van der Waals surface area contributed by atoms with Gasteiger partial charge in [0.25, 0.3) is 5.91 Å². The van der Waals surface area contributed by atoms with Gasteiger partial charge in [-0.05, 0) is 34.1 Å². The van der Waals surface area contributed by atoms with Gasteiger partial charge in [-0.25, -0.2) is 0 Å². The average molecular weight is 327 g/mol. The summed E-state index contributed by atoms with van der Waals surface area (Å²) in [4.78, 5) is 16.7. The van der Waals surface area contributed by atoms with Crippen LogP contribution in [-0.2, 0) is 7.05 Å². The van der Waals surface area contributed by atoms with Crippen LogP contribution in [0.15, 0.2) is 39.2 Å². The van der Waals surface area contributed by atoms with Crippen molar-refractivity contribution in [3.8, 4) is 5.75 Å². The molecule has 0 bridgehead atoms. The molecule has 2 rings (SSSR count). The van der Waals surface area contributed by atoms with E-state index in [4.69, 9.17) is 4.74 Å². The number of ether oxygens (including phenoxy) is 1. The number of aryl methyl sites for hydroxylation is 1. The number of amides is 1. The molecule has 6 heteroatoms. The number of methoxy groups -OCH3 is 1. The lowest BCUT2D eigenvalue weighted by atomic mass is 10.2. The lowest BCUT2D eigenvalue weighted by Crippen LogP contribution is -2.12. The monoisotopic (exact) mass is 326 g/mol. The first kappa shape index (κ1) is 13.0. The Hall–Kier alpha value is -1.40. The van der Waals surface area contributed by atoms with E-state index in [0.29, 0.717) is 16.1 Å². The van der Waals surface area contributed by atoms with E-state index in [1.165, 1.54) is 11.3 Å². The number of thiazole rings is 1. The maximum absolute atomic E-state index is 12.0. The van der Waals surface area contributed by atoms with E-state index in [1.54, 1.807) is 29.9 Å². The Kier molecular flexibility index (Phi) is 3.98. The SMILES string of the molecule is COc1ccc(C(=O)N=c2sccn2C)cc1Br. The Morgan fingerprint density at radius 3 is 2.83 bits per heavy atom. The van der Waals surface area contributed by atoms with Crippen LogP contribution in [0.4, 0.5) is 0 Å². The van der Waals surface area contributed by atoms with Gasteiger partial charge in [-0.1, -0.05) is 0 Å². The first-order valence-electron chi connectivity index (χ1n) is 5.14. The topological polar surface area (TPSA) is 43.6 Å². The molecule has 1 aromatic heterocycles. The van der Waals surface area contributed by atoms with Crippen LogP contribution in [-0.4, -0.2) is 17.6 Å². The molecule has 1 aromatic carbocycles. The van der Waals surface area contributed by atoms with Crippen molar-refractivity contribution in [2.45, 2.75) is 0 Å². The van der Waals surface area contributed by atoms with Crippen LogP contribution in [0.2, 0.25) is 0 Å². The van der Waals surface area contributed by atoms with E-state index < -0.39 is 0 Å². The lowest BCUT2D eigenvalue weighted by molar-refractivity contribution is 0.0998. The van der Waals surface area contributed by atoms with Gasteiger partial charge in [0.15, 0.2) is 4.80 Å². The van der Waals surface area contributed by atoms with Crippen LogP contribution in [0.5, 0.6) is 5.75 Å². The van der Waals surface area contributed by atoms with Crippen molar-refractivity contribution in [1.82, 2.24) is 4.57 Å². The Labute approximate surface area is 117 Å². The largest absolute Gasteiger partial charge is 0.496 e. The minimum Gasteiger partial charge on any atom is -0.496 e. The summed E-state index contributed by atoms with van der Waals surface area (Å²) >= 11 is 4.77. The average Bonchev–Trinajstić information content (AvgIpc) is 2.75. The minimum atomic E-state index is -0.267. The Morgan fingerprint density at radius 1 is 1.50 bits per heavy atom. The molecule has 4 nitrogen and oxygen atoms in total. The summed E-state index contributed by atoms with van der Waals surface area (Å²) in [6.07, 6.45) is 1.86. The highest BCUT2D eigenvalue weighted by atomic mass is 79.9. The predicted molar refractivity (Wildman–Crippen MR) is 73.9 cm³/mol. The number of halogens is 1. The van der Waals surface area contributed by atoms with Crippen molar-refractivity contribution in [2.75, 3.05) is 7.11 Å². The molecule has 2 aromatic rings. The number of hydrogen-bond acceptors (Lipinski definition) is 3. The molecule has 18 heavy (non-hydrogen) atoms. The van der Waals surface area contributed by atoms with E-state index in [1.807, 2.05) is 18.6 Å². The van der Waals surface area contributed by atoms with Crippen molar-refractivity contribution in [3.63, 3.8) is 0 Å². The zero-order valence-corrected chi connectivity index (χ0v) is 12.3. The highest BCUT2D eigenvalue weighted by Crippen LogP contribution is 2.25. The molecular weight excluding hydrogens is 316 g/mol. The van der Waals surface area contributed by atoms with Gasteiger partial charge in [-0.15, -0.1) is 11.3 Å². The molecule has 0 N–H and O–H groups in total. The Morgan fingerprint density at radius 2 is 2.28 bits per heavy atom. The van der Waals surface area contributed by atoms with E-state index in [0.717, 1.165) is 4.47 Å².